The highest BCUT2D eigenvalue weighted by Gasteiger charge is 2.21. The van der Waals surface area contributed by atoms with E-state index in [1.807, 2.05) is 29.2 Å². The summed E-state index contributed by atoms with van der Waals surface area (Å²) >= 11 is 0. The molecule has 1 aliphatic heterocycles. The van der Waals surface area contributed by atoms with Gasteiger partial charge in [0.15, 0.2) is 0 Å². The summed E-state index contributed by atoms with van der Waals surface area (Å²) in [4.78, 5) is 20.1. The molecule has 0 bridgehead atoms. The molecular weight excluding hydrogens is 320 g/mol. The number of quaternary nitrogens is 1. The van der Waals surface area contributed by atoms with Gasteiger partial charge in [0.05, 0.1) is 45.9 Å². The van der Waals surface area contributed by atoms with E-state index in [1.54, 1.807) is 7.11 Å². The Hall–Kier alpha value is -2.41. The molecule has 0 unspecified atom stereocenters. The van der Waals surface area contributed by atoms with Crippen molar-refractivity contribution in [1.82, 2.24) is 15.0 Å². The summed E-state index contributed by atoms with van der Waals surface area (Å²) < 4.78 is 10.6. The fourth-order valence-electron chi connectivity index (χ4n) is 2.98. The van der Waals surface area contributed by atoms with Crippen molar-refractivity contribution in [2.45, 2.75) is 19.3 Å². The van der Waals surface area contributed by atoms with Crippen molar-refractivity contribution in [3.8, 4) is 17.1 Å². The van der Waals surface area contributed by atoms with E-state index in [0.717, 1.165) is 31.7 Å². The Balaban J connectivity index is 1.51. The summed E-state index contributed by atoms with van der Waals surface area (Å²) in [5, 5.41) is 4.03. The quantitative estimate of drug-likeness (QED) is 0.822. The third kappa shape index (κ3) is 4.36. The lowest BCUT2D eigenvalue weighted by molar-refractivity contribution is -0.883. The van der Waals surface area contributed by atoms with E-state index in [0.29, 0.717) is 36.7 Å². The maximum absolute atomic E-state index is 12.2. The van der Waals surface area contributed by atoms with Crippen molar-refractivity contribution in [3.63, 3.8) is 0 Å². The summed E-state index contributed by atoms with van der Waals surface area (Å²) in [6, 6.07) is 7.56. The van der Waals surface area contributed by atoms with Gasteiger partial charge in [0.1, 0.15) is 5.75 Å². The maximum atomic E-state index is 12.2. The molecule has 0 aliphatic carbocycles. The van der Waals surface area contributed by atoms with Gasteiger partial charge in [-0.1, -0.05) is 17.3 Å². The number of piperazine rings is 1. The molecule has 1 N–H and O–H groups in total. The lowest BCUT2D eigenvalue weighted by atomic mass is 10.2. The third-order valence-corrected chi connectivity index (χ3v) is 4.57. The van der Waals surface area contributed by atoms with Gasteiger partial charge in [-0.05, 0) is 18.6 Å². The van der Waals surface area contributed by atoms with Crippen LogP contribution in [0.1, 0.15) is 18.7 Å². The molecule has 2 aromatic rings. The molecular formula is C18H25N4O3+. The minimum Gasteiger partial charge on any atom is -0.496 e. The highest BCUT2D eigenvalue weighted by Crippen LogP contribution is 2.27. The average molecular weight is 345 g/mol. The number of hydrogen-bond donors (Lipinski definition) is 1. The molecule has 25 heavy (non-hydrogen) atoms. The van der Waals surface area contributed by atoms with Gasteiger partial charge in [0, 0.05) is 12.8 Å². The van der Waals surface area contributed by atoms with E-state index in [4.69, 9.17) is 9.26 Å². The predicted octanol–water partition coefficient (Wildman–Crippen LogP) is 0.425. The summed E-state index contributed by atoms with van der Waals surface area (Å²) in [6.45, 7) is 3.75. The van der Waals surface area contributed by atoms with Gasteiger partial charge in [-0.3, -0.25) is 4.79 Å². The first-order valence-electron chi connectivity index (χ1n) is 8.72. The van der Waals surface area contributed by atoms with Gasteiger partial charge >= 0.3 is 0 Å². The molecule has 134 valence electrons. The van der Waals surface area contributed by atoms with Crippen molar-refractivity contribution in [2.75, 3.05) is 40.3 Å². The second-order valence-electron chi connectivity index (χ2n) is 6.40. The fraction of sp³-hybridized carbons (Fsp3) is 0.500. The second-order valence-corrected chi connectivity index (χ2v) is 6.40. The number of likely N-dealkylation sites (N-methyl/N-ethyl adjacent to an activating group) is 1. The maximum Gasteiger partial charge on any atom is 0.226 e. The number of carbonyl (C=O) groups is 1. The summed E-state index contributed by atoms with van der Waals surface area (Å²) in [5.74, 6) is 2.00. The van der Waals surface area contributed by atoms with Crippen LogP contribution in [0.4, 0.5) is 0 Å². The second kappa shape index (κ2) is 8.11. The smallest absolute Gasteiger partial charge is 0.226 e. The van der Waals surface area contributed by atoms with Crippen LogP contribution in [0.3, 0.4) is 0 Å². The number of methoxy groups -OCH3 is 1. The van der Waals surface area contributed by atoms with E-state index in [2.05, 4.69) is 17.2 Å². The Kier molecular flexibility index (Phi) is 5.65. The van der Waals surface area contributed by atoms with E-state index >= 15 is 0 Å². The number of hydrogen-bond acceptors (Lipinski definition) is 5. The number of benzene rings is 1. The number of ether oxygens (including phenoxy) is 1. The van der Waals surface area contributed by atoms with Gasteiger partial charge in [-0.25, -0.2) is 0 Å². The predicted molar refractivity (Wildman–Crippen MR) is 92.4 cm³/mol. The minimum absolute atomic E-state index is 0.219. The van der Waals surface area contributed by atoms with Gasteiger partial charge in [-0.15, -0.1) is 0 Å². The molecule has 1 saturated heterocycles. The Bertz CT molecular complexity index is 708. The summed E-state index contributed by atoms with van der Waals surface area (Å²) in [5.41, 5.74) is 0.802. The molecule has 1 fully saturated rings. The van der Waals surface area contributed by atoms with Gasteiger partial charge in [0.2, 0.25) is 17.6 Å². The Morgan fingerprint density at radius 3 is 2.84 bits per heavy atom. The lowest BCUT2D eigenvalue weighted by Gasteiger charge is -2.30. The highest BCUT2D eigenvalue weighted by molar-refractivity contribution is 5.76. The third-order valence-electron chi connectivity index (χ3n) is 4.57. The molecule has 3 rings (SSSR count). The number of rotatable bonds is 6. The van der Waals surface area contributed by atoms with E-state index in [1.165, 1.54) is 4.90 Å². The minimum atomic E-state index is 0.219. The fourth-order valence-corrected chi connectivity index (χ4v) is 2.98. The molecule has 0 spiro atoms. The average Bonchev–Trinajstić information content (AvgIpc) is 3.11. The lowest BCUT2D eigenvalue weighted by Crippen LogP contribution is -3.12. The van der Waals surface area contributed by atoms with Crippen molar-refractivity contribution < 1.29 is 19.0 Å². The number of aryl methyl sites for hydroxylation is 1. The van der Waals surface area contributed by atoms with Crippen LogP contribution in [0.5, 0.6) is 5.75 Å². The van der Waals surface area contributed by atoms with Crippen LogP contribution < -0.4 is 9.64 Å². The zero-order chi connectivity index (χ0) is 17.6. The molecule has 7 nitrogen and oxygen atoms in total. The van der Waals surface area contributed by atoms with Crippen molar-refractivity contribution >= 4 is 5.91 Å². The molecule has 1 aromatic carbocycles. The first kappa shape index (κ1) is 17.4. The van der Waals surface area contributed by atoms with Crippen LogP contribution in [-0.2, 0) is 11.2 Å². The monoisotopic (exact) mass is 345 g/mol. The number of aromatic nitrogens is 2. The zero-order valence-corrected chi connectivity index (χ0v) is 14.8. The number of para-hydroxylation sites is 1. The number of carbonyl (C=O) groups excluding carboxylic acids is 1. The van der Waals surface area contributed by atoms with Crippen LogP contribution in [0, 0.1) is 0 Å². The van der Waals surface area contributed by atoms with Crippen molar-refractivity contribution in [2.24, 2.45) is 0 Å². The SMILES string of the molecule is COc1ccccc1-c1noc(CCCC(=O)N2CC[NH+](C)CC2)n1. The Labute approximate surface area is 147 Å². The van der Waals surface area contributed by atoms with Crippen LogP contribution >= 0.6 is 0 Å². The zero-order valence-electron chi connectivity index (χ0n) is 14.8. The largest absolute Gasteiger partial charge is 0.496 e. The van der Waals surface area contributed by atoms with Gasteiger partial charge in [0.25, 0.3) is 0 Å². The molecule has 2 heterocycles. The van der Waals surface area contributed by atoms with Crippen LogP contribution in [0.25, 0.3) is 11.4 Å². The number of nitrogens with zero attached hydrogens (tertiary/aromatic N) is 3. The molecule has 0 radical (unpaired) electrons. The standard InChI is InChI=1S/C18H24N4O3/c1-21-10-12-22(13-11-21)17(23)9-5-8-16-19-18(20-25-16)14-6-3-4-7-15(14)24-2/h3-4,6-7H,5,8-13H2,1-2H3/p+1. The van der Waals surface area contributed by atoms with Crippen molar-refractivity contribution in [3.05, 3.63) is 30.2 Å². The van der Waals surface area contributed by atoms with E-state index in [9.17, 15) is 4.79 Å². The first-order valence-corrected chi connectivity index (χ1v) is 8.72. The van der Waals surface area contributed by atoms with E-state index < -0.39 is 0 Å². The summed E-state index contributed by atoms with van der Waals surface area (Å²) in [7, 11) is 3.78. The molecule has 0 saturated carbocycles. The van der Waals surface area contributed by atoms with Gasteiger partial charge in [-0.2, -0.15) is 4.98 Å². The molecule has 7 heteroatoms. The summed E-state index contributed by atoms with van der Waals surface area (Å²) in [6.07, 6.45) is 1.84. The number of amides is 1. The molecule has 1 aromatic heterocycles. The molecule has 1 amide bonds. The Morgan fingerprint density at radius 2 is 2.08 bits per heavy atom. The van der Waals surface area contributed by atoms with Crippen LogP contribution in [0.15, 0.2) is 28.8 Å². The highest BCUT2D eigenvalue weighted by atomic mass is 16.5. The number of nitrogens with one attached hydrogen (secondary N) is 1. The van der Waals surface area contributed by atoms with Gasteiger partial charge < -0.3 is 19.1 Å². The normalized spacial score (nSPS) is 15.4. The molecule has 0 atom stereocenters. The van der Waals surface area contributed by atoms with Crippen LogP contribution in [-0.4, -0.2) is 61.3 Å². The first-order chi connectivity index (χ1) is 12.2. The Morgan fingerprint density at radius 1 is 1.32 bits per heavy atom. The van der Waals surface area contributed by atoms with E-state index in [-0.39, 0.29) is 5.91 Å². The molecule has 1 aliphatic rings. The van der Waals surface area contributed by atoms with Crippen molar-refractivity contribution in [1.29, 1.82) is 0 Å². The van der Waals surface area contributed by atoms with Crippen LogP contribution in [0.2, 0.25) is 0 Å². The topological polar surface area (TPSA) is 72.9 Å².